The van der Waals surface area contributed by atoms with Crippen LogP contribution in [0.25, 0.3) is 33.4 Å². The highest BCUT2D eigenvalue weighted by atomic mass is 32.1. The Hall–Kier alpha value is -3.83. The first-order valence-corrected chi connectivity index (χ1v) is 11.8. The highest BCUT2D eigenvalue weighted by Crippen LogP contribution is 2.31. The molecule has 5 heteroatoms. The fourth-order valence-corrected chi connectivity index (χ4v) is 4.73. The van der Waals surface area contributed by atoms with Crippen molar-refractivity contribution in [2.75, 3.05) is 5.32 Å². The number of nitrogens with one attached hydrogen (secondary N) is 1. The normalized spacial score (nSPS) is 11.0. The number of aryl methyl sites for hydroxylation is 1. The Balaban J connectivity index is 1.51. The molecule has 0 aliphatic carbocycles. The molecule has 4 nitrogen and oxygen atoms in total. The zero-order valence-corrected chi connectivity index (χ0v) is 19.3. The number of benzene rings is 3. The van der Waals surface area contributed by atoms with Crippen LogP contribution >= 0.6 is 11.3 Å². The van der Waals surface area contributed by atoms with Crippen molar-refractivity contribution in [2.24, 2.45) is 0 Å². The van der Waals surface area contributed by atoms with Gasteiger partial charge in [0, 0.05) is 21.9 Å². The van der Waals surface area contributed by atoms with Crippen LogP contribution in [0.2, 0.25) is 0 Å². The van der Waals surface area contributed by atoms with Gasteiger partial charge in [-0.25, -0.2) is 9.97 Å². The van der Waals surface area contributed by atoms with E-state index in [4.69, 9.17) is 4.98 Å². The van der Waals surface area contributed by atoms with Crippen LogP contribution in [0, 0.1) is 6.92 Å². The Morgan fingerprint density at radius 3 is 2.36 bits per heavy atom. The largest absolute Gasteiger partial charge is 0.298 e. The molecule has 2 heterocycles. The summed E-state index contributed by atoms with van der Waals surface area (Å²) in [6, 6.07) is 26.1. The lowest BCUT2D eigenvalue weighted by Crippen LogP contribution is -2.15. The van der Waals surface area contributed by atoms with Crippen molar-refractivity contribution < 1.29 is 4.79 Å². The van der Waals surface area contributed by atoms with Crippen LogP contribution in [0.5, 0.6) is 0 Å². The van der Waals surface area contributed by atoms with E-state index in [-0.39, 0.29) is 5.91 Å². The Kier molecular flexibility index (Phi) is 5.71. The van der Waals surface area contributed by atoms with E-state index in [0.717, 1.165) is 45.4 Å². The van der Waals surface area contributed by atoms with Crippen LogP contribution in [-0.2, 0) is 6.42 Å². The molecule has 5 aromatic rings. The molecule has 33 heavy (non-hydrogen) atoms. The minimum atomic E-state index is -0.175. The van der Waals surface area contributed by atoms with Gasteiger partial charge in [0.15, 0.2) is 5.13 Å². The Bertz CT molecular complexity index is 1440. The van der Waals surface area contributed by atoms with E-state index in [0.29, 0.717) is 10.7 Å². The van der Waals surface area contributed by atoms with E-state index in [2.05, 4.69) is 41.5 Å². The molecule has 1 amide bonds. The summed E-state index contributed by atoms with van der Waals surface area (Å²) in [5, 5.41) is 6.41. The molecule has 2 aromatic heterocycles. The van der Waals surface area contributed by atoms with E-state index in [9.17, 15) is 4.79 Å². The minimum absolute atomic E-state index is 0.175. The number of carbonyl (C=O) groups excluding carboxylic acids is 1. The van der Waals surface area contributed by atoms with Gasteiger partial charge in [-0.15, -0.1) is 11.3 Å². The van der Waals surface area contributed by atoms with Gasteiger partial charge in [0.2, 0.25) is 0 Å². The summed E-state index contributed by atoms with van der Waals surface area (Å²) in [6.45, 7) is 4.10. The summed E-state index contributed by atoms with van der Waals surface area (Å²) >= 11 is 1.43. The number of anilines is 1. The van der Waals surface area contributed by atoms with Crippen molar-refractivity contribution in [3.05, 3.63) is 101 Å². The first-order valence-electron chi connectivity index (χ1n) is 10.9. The maximum Gasteiger partial charge on any atom is 0.258 e. The van der Waals surface area contributed by atoms with Crippen molar-refractivity contribution in [3.8, 4) is 22.5 Å². The van der Waals surface area contributed by atoms with Gasteiger partial charge in [-0.1, -0.05) is 79.7 Å². The molecule has 0 unspecified atom stereocenters. The molecule has 0 saturated heterocycles. The predicted molar refractivity (Wildman–Crippen MR) is 137 cm³/mol. The van der Waals surface area contributed by atoms with Crippen LogP contribution in [0.1, 0.15) is 28.4 Å². The van der Waals surface area contributed by atoms with Gasteiger partial charge in [-0.05, 0) is 30.5 Å². The van der Waals surface area contributed by atoms with Crippen molar-refractivity contribution in [3.63, 3.8) is 0 Å². The summed E-state index contributed by atoms with van der Waals surface area (Å²) in [4.78, 5) is 23.0. The lowest BCUT2D eigenvalue weighted by molar-refractivity contribution is 0.102. The summed E-state index contributed by atoms with van der Waals surface area (Å²) in [7, 11) is 0. The SMILES string of the molecule is CCc1ccc(-c2csc(NC(=O)c3c(C)c(-c4ccccc4)nc4ccccc34)n2)cc1. The zero-order valence-electron chi connectivity index (χ0n) is 18.5. The van der Waals surface area contributed by atoms with Crippen LogP contribution in [0.3, 0.4) is 0 Å². The highest BCUT2D eigenvalue weighted by molar-refractivity contribution is 7.14. The third kappa shape index (κ3) is 4.15. The molecule has 0 aliphatic rings. The number of nitrogens with zero attached hydrogens (tertiary/aromatic N) is 2. The van der Waals surface area contributed by atoms with Crippen LogP contribution in [0.15, 0.2) is 84.2 Å². The first kappa shape index (κ1) is 21.0. The van der Waals surface area contributed by atoms with Crippen molar-refractivity contribution in [1.82, 2.24) is 9.97 Å². The molecular formula is C28H23N3OS. The molecule has 1 N–H and O–H groups in total. The number of thiazole rings is 1. The number of amides is 1. The van der Waals surface area contributed by atoms with Gasteiger partial charge >= 0.3 is 0 Å². The lowest BCUT2D eigenvalue weighted by atomic mass is 9.97. The van der Waals surface area contributed by atoms with Gasteiger partial charge in [0.05, 0.1) is 22.5 Å². The maximum absolute atomic E-state index is 13.5. The van der Waals surface area contributed by atoms with Gasteiger partial charge in [0.1, 0.15) is 0 Å². The molecule has 5 rings (SSSR count). The average Bonchev–Trinajstić information content (AvgIpc) is 3.32. The number of hydrogen-bond donors (Lipinski definition) is 1. The number of fused-ring (bicyclic) bond motifs is 1. The molecule has 0 spiro atoms. The second kappa shape index (κ2) is 8.96. The van der Waals surface area contributed by atoms with Gasteiger partial charge in [0.25, 0.3) is 5.91 Å². The van der Waals surface area contributed by atoms with Crippen LogP contribution < -0.4 is 5.32 Å². The molecule has 3 aromatic carbocycles. The first-order chi connectivity index (χ1) is 16.1. The molecule has 0 radical (unpaired) electrons. The summed E-state index contributed by atoms with van der Waals surface area (Å²) < 4.78 is 0. The lowest BCUT2D eigenvalue weighted by Gasteiger charge is -2.14. The van der Waals surface area contributed by atoms with Crippen molar-refractivity contribution >= 4 is 33.3 Å². The summed E-state index contributed by atoms with van der Waals surface area (Å²) in [6.07, 6.45) is 1.00. The Morgan fingerprint density at radius 2 is 1.61 bits per heavy atom. The third-order valence-corrected chi connectivity index (χ3v) is 6.55. The molecule has 0 bridgehead atoms. The monoisotopic (exact) mass is 449 g/mol. The van der Waals surface area contributed by atoms with E-state index in [1.165, 1.54) is 16.9 Å². The standard InChI is InChI=1S/C28H23N3OS/c1-3-19-13-15-20(16-14-19)24-17-33-28(30-24)31-27(32)25-18(2)26(21-9-5-4-6-10-21)29-23-12-8-7-11-22(23)25/h4-17H,3H2,1-2H3,(H,30,31,32). The number of rotatable bonds is 5. The Morgan fingerprint density at radius 1 is 0.879 bits per heavy atom. The van der Waals surface area contributed by atoms with Gasteiger partial charge in [-0.3, -0.25) is 10.1 Å². The molecule has 0 atom stereocenters. The van der Waals surface area contributed by atoms with Crippen molar-refractivity contribution in [1.29, 1.82) is 0 Å². The van der Waals surface area contributed by atoms with Gasteiger partial charge < -0.3 is 0 Å². The molecule has 162 valence electrons. The average molecular weight is 450 g/mol. The Labute approximate surface area is 197 Å². The summed E-state index contributed by atoms with van der Waals surface area (Å²) in [5.74, 6) is -0.175. The fourth-order valence-electron chi connectivity index (χ4n) is 4.01. The second-order valence-corrected chi connectivity index (χ2v) is 8.74. The topological polar surface area (TPSA) is 54.9 Å². The smallest absolute Gasteiger partial charge is 0.258 e. The highest BCUT2D eigenvalue weighted by Gasteiger charge is 2.20. The number of pyridine rings is 1. The molecule has 0 aliphatic heterocycles. The second-order valence-electron chi connectivity index (χ2n) is 7.89. The zero-order chi connectivity index (χ0) is 22.8. The predicted octanol–water partition coefficient (Wildman–Crippen LogP) is 7.15. The maximum atomic E-state index is 13.5. The molecular weight excluding hydrogens is 426 g/mol. The van der Waals surface area contributed by atoms with E-state index >= 15 is 0 Å². The van der Waals surface area contributed by atoms with E-state index < -0.39 is 0 Å². The van der Waals surface area contributed by atoms with Gasteiger partial charge in [-0.2, -0.15) is 0 Å². The van der Waals surface area contributed by atoms with Crippen LogP contribution in [0.4, 0.5) is 5.13 Å². The number of para-hydroxylation sites is 1. The quantitative estimate of drug-likeness (QED) is 0.310. The number of carbonyl (C=O) groups is 1. The molecule has 0 saturated carbocycles. The van der Waals surface area contributed by atoms with Crippen molar-refractivity contribution in [2.45, 2.75) is 20.3 Å². The van der Waals surface area contributed by atoms with Crippen LogP contribution in [-0.4, -0.2) is 15.9 Å². The van der Waals surface area contributed by atoms with E-state index in [1.54, 1.807) is 0 Å². The minimum Gasteiger partial charge on any atom is -0.298 e. The third-order valence-electron chi connectivity index (χ3n) is 5.79. The molecule has 0 fully saturated rings. The number of hydrogen-bond acceptors (Lipinski definition) is 4. The van der Waals surface area contributed by atoms with E-state index in [1.807, 2.05) is 66.9 Å². The number of aromatic nitrogens is 2. The summed E-state index contributed by atoms with van der Waals surface area (Å²) in [5.41, 5.74) is 7.27. The fraction of sp³-hybridized carbons (Fsp3) is 0.107.